The van der Waals surface area contributed by atoms with Gasteiger partial charge in [0.2, 0.25) is 11.8 Å². The predicted molar refractivity (Wildman–Crippen MR) is 91.7 cm³/mol. The molecule has 2 heterocycles. The first-order chi connectivity index (χ1) is 12.1. The van der Waals surface area contributed by atoms with E-state index in [4.69, 9.17) is 14.9 Å². The van der Waals surface area contributed by atoms with E-state index >= 15 is 0 Å². The Labute approximate surface area is 147 Å². The van der Waals surface area contributed by atoms with Crippen molar-refractivity contribution in [3.63, 3.8) is 0 Å². The molecule has 1 aromatic heterocycles. The summed E-state index contributed by atoms with van der Waals surface area (Å²) in [6.07, 6.45) is 2.90. The summed E-state index contributed by atoms with van der Waals surface area (Å²) >= 11 is 0. The van der Waals surface area contributed by atoms with Crippen LogP contribution >= 0.6 is 0 Å². The van der Waals surface area contributed by atoms with Gasteiger partial charge in [0, 0.05) is 20.1 Å². The van der Waals surface area contributed by atoms with E-state index in [9.17, 15) is 4.79 Å². The first-order valence-electron chi connectivity index (χ1n) is 8.75. The predicted octanol–water partition coefficient (Wildman–Crippen LogP) is 2.18. The van der Waals surface area contributed by atoms with Crippen LogP contribution in [0.5, 0.6) is 0 Å². The molecule has 25 heavy (non-hydrogen) atoms. The Balaban J connectivity index is 1.55. The lowest BCUT2D eigenvalue weighted by Gasteiger charge is -2.41. The fourth-order valence-corrected chi connectivity index (χ4v) is 3.60. The highest BCUT2D eigenvalue weighted by atomic mass is 16.5. The molecule has 0 saturated heterocycles. The third-order valence-corrected chi connectivity index (χ3v) is 5.27. The number of nitrogens with zero attached hydrogens (tertiary/aromatic N) is 2. The van der Waals surface area contributed by atoms with Crippen LogP contribution in [0, 0.1) is 0 Å². The lowest BCUT2D eigenvalue weighted by molar-refractivity contribution is -0.141. The van der Waals surface area contributed by atoms with Crippen LogP contribution in [0.1, 0.15) is 48.3 Å². The Morgan fingerprint density at radius 2 is 2.12 bits per heavy atom. The molecule has 4 rings (SSSR count). The van der Waals surface area contributed by atoms with Crippen LogP contribution in [0.25, 0.3) is 0 Å². The lowest BCUT2D eigenvalue weighted by atomic mass is 9.76. The minimum absolute atomic E-state index is 0.0419. The smallest absolute Gasteiger partial charge is 0.243 e. The van der Waals surface area contributed by atoms with Crippen molar-refractivity contribution in [2.24, 2.45) is 5.73 Å². The van der Waals surface area contributed by atoms with Crippen LogP contribution in [0.4, 0.5) is 0 Å². The fraction of sp³-hybridized carbons (Fsp3) is 0.474. The zero-order valence-corrected chi connectivity index (χ0v) is 14.4. The van der Waals surface area contributed by atoms with Gasteiger partial charge in [0.1, 0.15) is 11.5 Å². The van der Waals surface area contributed by atoms with Gasteiger partial charge in [-0.05, 0) is 24.8 Å². The number of ether oxygens (including phenoxy) is 1. The van der Waals surface area contributed by atoms with Gasteiger partial charge in [-0.25, -0.2) is 4.98 Å². The Bertz CT molecular complexity index is 767. The molecule has 6 nitrogen and oxygen atoms in total. The number of benzene rings is 1. The second-order valence-corrected chi connectivity index (χ2v) is 6.93. The van der Waals surface area contributed by atoms with Crippen molar-refractivity contribution in [1.82, 2.24) is 9.88 Å². The maximum atomic E-state index is 12.6. The second-order valence-electron chi connectivity index (χ2n) is 6.93. The standard InChI is InChI=1S/C19H23N3O3/c1-24-16(13-6-3-2-4-7-13)17-21-14-12-22(11-8-15(14)25-17)18(23)19(20)9-5-10-19/h2-4,6-7,16H,5,8-12,20H2,1H3. The highest BCUT2D eigenvalue weighted by molar-refractivity contribution is 5.87. The summed E-state index contributed by atoms with van der Waals surface area (Å²) in [7, 11) is 1.64. The summed E-state index contributed by atoms with van der Waals surface area (Å²) in [5.74, 6) is 1.43. The minimum atomic E-state index is -0.664. The first-order valence-corrected chi connectivity index (χ1v) is 8.75. The van der Waals surface area contributed by atoms with Crippen molar-refractivity contribution in [2.75, 3.05) is 13.7 Å². The zero-order chi connectivity index (χ0) is 17.4. The molecule has 6 heteroatoms. The van der Waals surface area contributed by atoms with E-state index in [1.165, 1.54) is 0 Å². The maximum Gasteiger partial charge on any atom is 0.243 e. The number of carbonyl (C=O) groups excluding carboxylic acids is 1. The molecule has 0 bridgehead atoms. The summed E-state index contributed by atoms with van der Waals surface area (Å²) in [5, 5.41) is 0. The van der Waals surface area contributed by atoms with E-state index in [-0.39, 0.29) is 12.0 Å². The molecule has 2 aromatic rings. The van der Waals surface area contributed by atoms with Gasteiger partial charge in [-0.15, -0.1) is 0 Å². The highest BCUT2D eigenvalue weighted by Crippen LogP contribution is 2.33. The van der Waals surface area contributed by atoms with Gasteiger partial charge in [-0.1, -0.05) is 30.3 Å². The van der Waals surface area contributed by atoms with E-state index in [0.717, 1.165) is 36.3 Å². The summed E-state index contributed by atoms with van der Waals surface area (Å²) in [4.78, 5) is 19.1. The molecule has 0 spiro atoms. The quantitative estimate of drug-likeness (QED) is 0.922. The summed E-state index contributed by atoms with van der Waals surface area (Å²) in [5.41, 5.74) is 7.34. The van der Waals surface area contributed by atoms with Gasteiger partial charge < -0.3 is 19.8 Å². The number of rotatable bonds is 4. The number of nitrogens with two attached hydrogens (primary N) is 1. The van der Waals surface area contributed by atoms with Crippen LogP contribution in [0.2, 0.25) is 0 Å². The minimum Gasteiger partial charge on any atom is -0.442 e. The monoisotopic (exact) mass is 341 g/mol. The largest absolute Gasteiger partial charge is 0.442 e. The molecule has 1 aliphatic heterocycles. The Morgan fingerprint density at radius 1 is 1.36 bits per heavy atom. The molecule has 0 radical (unpaired) electrons. The van der Waals surface area contributed by atoms with Crippen molar-refractivity contribution < 1.29 is 13.9 Å². The number of amides is 1. The highest BCUT2D eigenvalue weighted by Gasteiger charge is 2.43. The van der Waals surface area contributed by atoms with Gasteiger partial charge in [0.15, 0.2) is 6.10 Å². The molecule has 1 atom stereocenters. The fourth-order valence-electron chi connectivity index (χ4n) is 3.60. The zero-order valence-electron chi connectivity index (χ0n) is 14.4. The van der Waals surface area contributed by atoms with Gasteiger partial charge in [-0.2, -0.15) is 0 Å². The van der Waals surface area contributed by atoms with Crippen molar-refractivity contribution >= 4 is 5.91 Å². The third kappa shape index (κ3) is 2.85. The normalized spacial score (nSPS) is 19.8. The summed E-state index contributed by atoms with van der Waals surface area (Å²) < 4.78 is 11.6. The molecule has 1 aromatic carbocycles. The van der Waals surface area contributed by atoms with Crippen molar-refractivity contribution in [2.45, 2.75) is 43.9 Å². The number of hydrogen-bond acceptors (Lipinski definition) is 5. The number of carbonyl (C=O) groups is 1. The van der Waals surface area contributed by atoms with Gasteiger partial charge in [0.05, 0.1) is 12.1 Å². The van der Waals surface area contributed by atoms with Crippen LogP contribution in [0.3, 0.4) is 0 Å². The van der Waals surface area contributed by atoms with Crippen LogP contribution in [0.15, 0.2) is 34.7 Å². The molecular weight excluding hydrogens is 318 g/mol. The topological polar surface area (TPSA) is 81.6 Å². The van der Waals surface area contributed by atoms with E-state index in [0.29, 0.717) is 25.4 Å². The third-order valence-electron chi connectivity index (χ3n) is 5.27. The van der Waals surface area contributed by atoms with Crippen LogP contribution in [-0.2, 0) is 22.5 Å². The molecule has 1 unspecified atom stereocenters. The molecule has 2 aliphatic rings. The summed E-state index contributed by atoms with van der Waals surface area (Å²) in [6.45, 7) is 1.09. The van der Waals surface area contributed by atoms with Crippen molar-refractivity contribution in [1.29, 1.82) is 0 Å². The van der Waals surface area contributed by atoms with Crippen LogP contribution < -0.4 is 5.73 Å². The van der Waals surface area contributed by atoms with E-state index < -0.39 is 5.54 Å². The molecule has 1 saturated carbocycles. The van der Waals surface area contributed by atoms with Gasteiger partial charge >= 0.3 is 0 Å². The second kappa shape index (κ2) is 6.28. The molecule has 1 amide bonds. The Kier molecular flexibility index (Phi) is 4.09. The van der Waals surface area contributed by atoms with E-state index in [1.54, 1.807) is 7.11 Å². The average molecular weight is 341 g/mol. The number of fused-ring (bicyclic) bond motifs is 1. The number of oxazole rings is 1. The van der Waals surface area contributed by atoms with Crippen LogP contribution in [-0.4, -0.2) is 35.0 Å². The van der Waals surface area contributed by atoms with Gasteiger partial charge in [-0.3, -0.25) is 4.79 Å². The van der Waals surface area contributed by atoms with E-state index in [1.807, 2.05) is 35.2 Å². The Hall–Kier alpha value is -2.18. The summed E-state index contributed by atoms with van der Waals surface area (Å²) in [6, 6.07) is 9.86. The molecule has 2 N–H and O–H groups in total. The molecule has 132 valence electrons. The number of hydrogen-bond donors (Lipinski definition) is 1. The lowest BCUT2D eigenvalue weighted by Crippen LogP contribution is -2.60. The first kappa shape index (κ1) is 16.3. The number of methoxy groups -OCH3 is 1. The average Bonchev–Trinajstić information content (AvgIpc) is 3.03. The molecule has 1 fully saturated rings. The van der Waals surface area contributed by atoms with E-state index in [2.05, 4.69) is 4.98 Å². The molecular formula is C19H23N3O3. The van der Waals surface area contributed by atoms with Crippen molar-refractivity contribution in [3.05, 3.63) is 53.2 Å². The van der Waals surface area contributed by atoms with Crippen molar-refractivity contribution in [3.8, 4) is 0 Å². The maximum absolute atomic E-state index is 12.6. The Morgan fingerprint density at radius 3 is 2.76 bits per heavy atom. The van der Waals surface area contributed by atoms with Gasteiger partial charge in [0.25, 0.3) is 0 Å². The number of aromatic nitrogens is 1. The molecule has 1 aliphatic carbocycles. The SMILES string of the molecule is COC(c1ccccc1)c1nc2c(o1)CCN(C(=O)C1(N)CCC1)C2.